The molecule has 0 heterocycles. The van der Waals surface area contributed by atoms with E-state index in [1.807, 2.05) is 0 Å². The molecule has 200 valence electrons. The van der Waals surface area contributed by atoms with Crippen molar-refractivity contribution in [1.82, 2.24) is 4.90 Å². The van der Waals surface area contributed by atoms with E-state index in [1.54, 1.807) is 47.4 Å². The Hall–Kier alpha value is -3.62. The van der Waals surface area contributed by atoms with E-state index >= 15 is 0 Å². The monoisotopic (exact) mass is 539 g/mol. The number of nitrogens with one attached hydrogen (secondary N) is 1. The maximum Gasteiger partial charge on any atom is 0.255 e. The molecule has 0 spiro atoms. The van der Waals surface area contributed by atoms with E-state index in [-0.39, 0.29) is 36.0 Å². The minimum atomic E-state index is -0.473. The number of rotatable bonds is 8. The van der Waals surface area contributed by atoms with Crippen molar-refractivity contribution in [1.29, 1.82) is 0 Å². The third-order valence-corrected chi connectivity index (χ3v) is 7.17. The van der Waals surface area contributed by atoms with Crippen LogP contribution in [0.4, 0.5) is 10.1 Å². The summed E-state index contributed by atoms with van der Waals surface area (Å²) in [6, 6.07) is 15.7. The first kappa shape index (κ1) is 27.4. The van der Waals surface area contributed by atoms with Crippen LogP contribution in [0.5, 0.6) is 11.5 Å². The highest BCUT2D eigenvalue weighted by molar-refractivity contribution is 6.31. The van der Waals surface area contributed by atoms with Gasteiger partial charge in [0, 0.05) is 40.5 Å². The average Bonchev–Trinajstić information content (AvgIpc) is 2.93. The molecule has 2 amide bonds. The van der Waals surface area contributed by atoms with Crippen LogP contribution in [0, 0.1) is 5.82 Å². The van der Waals surface area contributed by atoms with Crippen molar-refractivity contribution in [2.45, 2.75) is 44.3 Å². The zero-order valence-electron chi connectivity index (χ0n) is 21.4. The number of nitrogens with two attached hydrogens (primary N) is 1. The molecule has 0 radical (unpaired) electrons. The largest absolute Gasteiger partial charge is 0.493 e. The molecule has 0 aliphatic heterocycles. The zero-order valence-corrected chi connectivity index (χ0v) is 22.1. The lowest BCUT2D eigenvalue weighted by Crippen LogP contribution is -2.44. The summed E-state index contributed by atoms with van der Waals surface area (Å²) in [4.78, 5) is 28.2. The Morgan fingerprint density at radius 1 is 0.974 bits per heavy atom. The van der Waals surface area contributed by atoms with Crippen LogP contribution in [0.25, 0.3) is 0 Å². The molecule has 3 N–H and O–H groups in total. The van der Waals surface area contributed by atoms with Gasteiger partial charge in [-0.1, -0.05) is 17.7 Å². The minimum absolute atomic E-state index is 0.0633. The predicted octanol–water partition coefficient (Wildman–Crippen LogP) is 5.66. The quantitative estimate of drug-likeness (QED) is 0.385. The summed E-state index contributed by atoms with van der Waals surface area (Å²) in [5.74, 6) is -0.131. The van der Waals surface area contributed by atoms with Crippen molar-refractivity contribution >= 4 is 29.1 Å². The second-order valence-corrected chi connectivity index (χ2v) is 9.75. The van der Waals surface area contributed by atoms with Gasteiger partial charge in [0.1, 0.15) is 5.82 Å². The summed E-state index contributed by atoms with van der Waals surface area (Å²) in [7, 11) is 3.03. The molecular weight excluding hydrogens is 509 g/mol. The van der Waals surface area contributed by atoms with E-state index in [4.69, 9.17) is 26.8 Å². The third kappa shape index (κ3) is 6.44. The van der Waals surface area contributed by atoms with Crippen LogP contribution in [0.3, 0.4) is 0 Å². The fraction of sp³-hybridized carbons (Fsp3) is 0.310. The molecular formula is C29H31ClFN3O4. The second kappa shape index (κ2) is 12.3. The Bertz CT molecular complexity index is 1310. The molecule has 3 aromatic carbocycles. The number of methoxy groups -OCH3 is 2. The van der Waals surface area contributed by atoms with Crippen LogP contribution in [0.1, 0.15) is 52.0 Å². The molecule has 0 bridgehead atoms. The van der Waals surface area contributed by atoms with Gasteiger partial charge in [0.15, 0.2) is 11.5 Å². The maximum atomic E-state index is 13.9. The normalized spacial score (nSPS) is 17.0. The van der Waals surface area contributed by atoms with Crippen LogP contribution in [0.2, 0.25) is 5.02 Å². The van der Waals surface area contributed by atoms with Gasteiger partial charge < -0.3 is 25.4 Å². The van der Waals surface area contributed by atoms with E-state index in [0.29, 0.717) is 33.3 Å². The van der Waals surface area contributed by atoms with E-state index in [2.05, 4.69) is 5.32 Å². The van der Waals surface area contributed by atoms with Crippen LogP contribution in [0.15, 0.2) is 60.7 Å². The second-order valence-electron chi connectivity index (χ2n) is 9.34. The van der Waals surface area contributed by atoms with Crippen LogP contribution in [-0.2, 0) is 6.54 Å². The zero-order chi connectivity index (χ0) is 27.2. The van der Waals surface area contributed by atoms with Gasteiger partial charge in [-0.3, -0.25) is 9.59 Å². The molecule has 7 nitrogen and oxygen atoms in total. The van der Waals surface area contributed by atoms with Crippen LogP contribution < -0.4 is 20.5 Å². The Kier molecular flexibility index (Phi) is 8.86. The van der Waals surface area contributed by atoms with Crippen LogP contribution >= 0.6 is 11.6 Å². The lowest BCUT2D eigenvalue weighted by Gasteiger charge is -2.36. The number of ether oxygens (including phenoxy) is 2. The summed E-state index contributed by atoms with van der Waals surface area (Å²) in [5.41, 5.74) is 7.95. The number of benzene rings is 3. The van der Waals surface area contributed by atoms with Gasteiger partial charge in [0.05, 0.1) is 14.2 Å². The van der Waals surface area contributed by atoms with Gasteiger partial charge in [-0.2, -0.15) is 0 Å². The molecule has 0 unspecified atom stereocenters. The number of carbonyl (C=O) groups is 2. The minimum Gasteiger partial charge on any atom is -0.493 e. The first-order valence-corrected chi connectivity index (χ1v) is 12.8. The fourth-order valence-corrected chi connectivity index (χ4v) is 4.88. The van der Waals surface area contributed by atoms with Gasteiger partial charge in [0.2, 0.25) is 0 Å². The SMILES string of the molecule is COc1ccc(C(=O)Nc2ccc(Cl)c(CN(C(=O)c3cccc(F)c3)C3CCC(N)CC3)c2)cc1OC. The molecule has 1 aliphatic rings. The Morgan fingerprint density at radius 3 is 2.39 bits per heavy atom. The summed E-state index contributed by atoms with van der Waals surface area (Å²) in [5, 5.41) is 3.34. The molecule has 4 rings (SSSR count). The van der Waals surface area contributed by atoms with Crippen molar-refractivity contribution < 1.29 is 23.5 Å². The molecule has 38 heavy (non-hydrogen) atoms. The summed E-state index contributed by atoms with van der Waals surface area (Å²) < 4.78 is 24.4. The molecule has 1 fully saturated rings. The van der Waals surface area contributed by atoms with Crippen molar-refractivity contribution in [3.8, 4) is 11.5 Å². The van der Waals surface area contributed by atoms with E-state index in [9.17, 15) is 14.0 Å². The van der Waals surface area contributed by atoms with Gasteiger partial charge >= 0.3 is 0 Å². The summed E-state index contributed by atoms with van der Waals surface area (Å²) >= 11 is 6.54. The Morgan fingerprint density at radius 2 is 1.71 bits per heavy atom. The highest BCUT2D eigenvalue weighted by atomic mass is 35.5. The lowest BCUT2D eigenvalue weighted by atomic mass is 9.90. The van der Waals surface area contributed by atoms with E-state index in [0.717, 1.165) is 25.7 Å². The molecule has 0 saturated heterocycles. The number of amides is 2. The van der Waals surface area contributed by atoms with Crippen molar-refractivity contribution in [3.63, 3.8) is 0 Å². The van der Waals surface area contributed by atoms with Crippen LogP contribution in [-0.4, -0.2) is 43.0 Å². The molecule has 1 aliphatic carbocycles. The summed E-state index contributed by atoms with van der Waals surface area (Å²) in [6.45, 7) is 0.203. The number of halogens is 2. The van der Waals surface area contributed by atoms with E-state index < -0.39 is 5.82 Å². The average molecular weight is 540 g/mol. The topological polar surface area (TPSA) is 93.9 Å². The first-order valence-electron chi connectivity index (χ1n) is 12.4. The molecule has 1 saturated carbocycles. The van der Waals surface area contributed by atoms with Crippen molar-refractivity contribution in [2.75, 3.05) is 19.5 Å². The Balaban J connectivity index is 1.58. The molecule has 0 atom stereocenters. The van der Waals surface area contributed by atoms with E-state index in [1.165, 1.54) is 32.4 Å². The number of hydrogen-bond donors (Lipinski definition) is 2. The molecule has 9 heteroatoms. The Labute approximate surface area is 226 Å². The molecule has 0 aromatic heterocycles. The number of hydrogen-bond acceptors (Lipinski definition) is 5. The molecule has 3 aromatic rings. The third-order valence-electron chi connectivity index (χ3n) is 6.80. The fourth-order valence-electron chi connectivity index (χ4n) is 4.71. The van der Waals surface area contributed by atoms with Gasteiger partial charge in [-0.05, 0) is 85.8 Å². The van der Waals surface area contributed by atoms with Gasteiger partial charge in [-0.15, -0.1) is 0 Å². The lowest BCUT2D eigenvalue weighted by molar-refractivity contribution is 0.0606. The van der Waals surface area contributed by atoms with Crippen molar-refractivity contribution in [2.24, 2.45) is 5.73 Å². The van der Waals surface area contributed by atoms with Gasteiger partial charge in [0.25, 0.3) is 11.8 Å². The number of nitrogens with zero attached hydrogens (tertiary/aromatic N) is 1. The standard InChI is InChI=1S/C29H31ClFN3O4/c1-37-26-13-6-18(16-27(26)38-2)28(35)33-23-9-12-25(30)20(15-23)17-34(24-10-7-22(32)8-11-24)29(36)19-4-3-5-21(31)14-19/h3-6,9,12-16,22,24H,7-8,10-11,17,32H2,1-2H3,(H,33,35). The number of carbonyl (C=O) groups excluding carboxylic acids is 2. The van der Waals surface area contributed by atoms with Gasteiger partial charge in [-0.25, -0.2) is 4.39 Å². The highest BCUT2D eigenvalue weighted by Crippen LogP contribution is 2.30. The van der Waals surface area contributed by atoms with Crippen molar-refractivity contribution in [3.05, 3.63) is 88.2 Å². The maximum absolute atomic E-state index is 13.9. The smallest absolute Gasteiger partial charge is 0.255 e. The summed E-state index contributed by atoms with van der Waals surface area (Å²) in [6.07, 6.45) is 3.09. The number of anilines is 1. The predicted molar refractivity (Wildman–Crippen MR) is 145 cm³/mol. The first-order chi connectivity index (χ1) is 18.3. The highest BCUT2D eigenvalue weighted by Gasteiger charge is 2.29.